The van der Waals surface area contributed by atoms with E-state index in [1.807, 2.05) is 0 Å². The molecular weight excluding hydrogens is 275 g/mol. The predicted molar refractivity (Wildman–Crippen MR) is 64.2 cm³/mol. The number of hydrogen-bond donors (Lipinski definition) is 1. The average molecular weight is 294 g/mol. The fourth-order valence-corrected chi connectivity index (χ4v) is 3.01. The van der Waals surface area contributed by atoms with Crippen molar-refractivity contribution >= 4 is 22.6 Å². The summed E-state index contributed by atoms with van der Waals surface area (Å²) >= 11 is 2.59. The van der Waals surface area contributed by atoms with E-state index in [2.05, 4.69) is 39.7 Å². The summed E-state index contributed by atoms with van der Waals surface area (Å²) in [5.74, 6) is 0.853. The highest BCUT2D eigenvalue weighted by atomic mass is 127. The number of nitrogens with one attached hydrogen (secondary N) is 1. The Morgan fingerprint density at radius 2 is 1.92 bits per heavy atom. The van der Waals surface area contributed by atoms with Crippen LogP contribution in [-0.4, -0.2) is 34.6 Å². The molecule has 2 aliphatic rings. The van der Waals surface area contributed by atoms with Crippen LogP contribution in [0.5, 0.6) is 0 Å². The van der Waals surface area contributed by atoms with Gasteiger partial charge in [-0.1, -0.05) is 29.5 Å². The van der Waals surface area contributed by atoms with Gasteiger partial charge in [0.25, 0.3) is 0 Å². The average Bonchev–Trinajstić information content (AvgIpc) is 2.53. The molecule has 0 aromatic heterocycles. The minimum absolute atomic E-state index is 0.684. The van der Waals surface area contributed by atoms with Gasteiger partial charge in [-0.25, -0.2) is 0 Å². The van der Waals surface area contributed by atoms with E-state index in [4.69, 9.17) is 0 Å². The van der Waals surface area contributed by atoms with E-state index >= 15 is 0 Å². The quantitative estimate of drug-likeness (QED) is 0.586. The Bertz CT molecular complexity index is 166. The summed E-state index contributed by atoms with van der Waals surface area (Å²) in [6, 6.07) is 0. The molecule has 1 N–H and O–H groups in total. The predicted octanol–water partition coefficient (Wildman–Crippen LogP) is 1.84. The van der Waals surface area contributed by atoms with Crippen LogP contribution in [0.15, 0.2) is 0 Å². The third-order valence-corrected chi connectivity index (χ3v) is 4.59. The highest BCUT2D eigenvalue weighted by Crippen LogP contribution is 2.24. The molecule has 2 saturated heterocycles. The molecule has 0 saturated carbocycles. The number of likely N-dealkylation sites (tertiary alicyclic amines) is 1. The molecule has 0 aliphatic carbocycles. The maximum absolute atomic E-state index is 3.61. The van der Waals surface area contributed by atoms with Crippen LogP contribution in [-0.2, 0) is 0 Å². The van der Waals surface area contributed by atoms with Crippen molar-refractivity contribution in [2.24, 2.45) is 5.92 Å². The van der Waals surface area contributed by atoms with Gasteiger partial charge in [0.1, 0.15) is 0 Å². The molecule has 3 heteroatoms. The lowest BCUT2D eigenvalue weighted by molar-refractivity contribution is 0.128. The molecule has 76 valence electrons. The number of hydrogen-bond acceptors (Lipinski definition) is 2. The number of nitrogens with zero attached hydrogens (tertiary/aromatic N) is 1. The van der Waals surface area contributed by atoms with Gasteiger partial charge in [-0.3, -0.25) is 4.90 Å². The Morgan fingerprint density at radius 1 is 1.23 bits per heavy atom. The minimum Gasteiger partial charge on any atom is -0.301 e. The minimum atomic E-state index is 0.684. The summed E-state index contributed by atoms with van der Waals surface area (Å²) in [4.78, 5) is 2.65. The van der Waals surface area contributed by atoms with Crippen molar-refractivity contribution < 1.29 is 0 Å². The second-order valence-electron chi connectivity index (χ2n) is 4.38. The van der Waals surface area contributed by atoms with Crippen molar-refractivity contribution in [3.8, 4) is 0 Å². The van der Waals surface area contributed by atoms with Crippen LogP contribution in [0.4, 0.5) is 0 Å². The Balaban J connectivity index is 1.86. The Kier molecular flexibility index (Phi) is 3.48. The molecule has 2 rings (SSSR count). The first-order valence-electron chi connectivity index (χ1n) is 5.39. The van der Waals surface area contributed by atoms with Crippen LogP contribution in [0.25, 0.3) is 0 Å². The van der Waals surface area contributed by atoms with E-state index in [9.17, 15) is 0 Å². The second kappa shape index (κ2) is 4.45. The number of alkyl halides is 1. The molecule has 2 atom stereocenters. The maximum atomic E-state index is 3.61. The zero-order valence-corrected chi connectivity index (χ0v) is 10.5. The molecule has 2 fully saturated rings. The van der Waals surface area contributed by atoms with Crippen LogP contribution in [0.1, 0.15) is 26.2 Å². The summed E-state index contributed by atoms with van der Waals surface area (Å²) in [6.45, 7) is 6.20. The first-order chi connectivity index (χ1) is 6.27. The number of halogens is 1. The van der Waals surface area contributed by atoms with Crippen molar-refractivity contribution in [1.82, 2.24) is 10.2 Å². The first kappa shape index (κ1) is 10.2. The normalized spacial score (nSPS) is 38.3. The van der Waals surface area contributed by atoms with Crippen molar-refractivity contribution in [3.05, 3.63) is 0 Å². The van der Waals surface area contributed by atoms with Crippen LogP contribution < -0.4 is 5.32 Å². The van der Waals surface area contributed by atoms with E-state index in [1.54, 1.807) is 0 Å². The highest BCUT2D eigenvalue weighted by molar-refractivity contribution is 14.1. The molecule has 2 nitrogen and oxygen atoms in total. The van der Waals surface area contributed by atoms with E-state index < -0.39 is 0 Å². The van der Waals surface area contributed by atoms with Gasteiger partial charge in [-0.2, -0.15) is 0 Å². The Morgan fingerprint density at radius 3 is 2.46 bits per heavy atom. The first-order valence-corrected chi connectivity index (χ1v) is 6.63. The molecule has 0 radical (unpaired) electrons. The lowest BCUT2D eigenvalue weighted by Gasteiger charge is -2.36. The van der Waals surface area contributed by atoms with Gasteiger partial charge in [0, 0.05) is 17.0 Å². The van der Waals surface area contributed by atoms with Gasteiger partial charge in [0.05, 0.1) is 6.17 Å². The van der Waals surface area contributed by atoms with Crippen LogP contribution in [0.2, 0.25) is 0 Å². The van der Waals surface area contributed by atoms with Crippen LogP contribution in [0.3, 0.4) is 0 Å². The fraction of sp³-hybridized carbons (Fsp3) is 1.00. The number of rotatable bonds is 1. The summed E-state index contributed by atoms with van der Waals surface area (Å²) < 4.78 is 0.922. The summed E-state index contributed by atoms with van der Waals surface area (Å²) in [5, 5.41) is 3.61. The van der Waals surface area contributed by atoms with Gasteiger partial charge >= 0.3 is 0 Å². The van der Waals surface area contributed by atoms with Gasteiger partial charge in [0.2, 0.25) is 0 Å². The third kappa shape index (κ3) is 2.36. The highest BCUT2D eigenvalue weighted by Gasteiger charge is 2.30. The molecule has 0 spiro atoms. The molecule has 13 heavy (non-hydrogen) atoms. The van der Waals surface area contributed by atoms with Crippen molar-refractivity contribution in [3.63, 3.8) is 0 Å². The number of piperidine rings is 1. The van der Waals surface area contributed by atoms with E-state index in [1.165, 1.54) is 38.9 Å². The van der Waals surface area contributed by atoms with Gasteiger partial charge in [-0.05, 0) is 31.7 Å². The summed E-state index contributed by atoms with van der Waals surface area (Å²) in [6.07, 6.45) is 4.80. The molecule has 0 bridgehead atoms. The Hall–Kier alpha value is 0.650. The largest absolute Gasteiger partial charge is 0.301 e. The van der Waals surface area contributed by atoms with Crippen LogP contribution in [0, 0.1) is 5.92 Å². The van der Waals surface area contributed by atoms with Gasteiger partial charge in [-0.15, -0.1) is 0 Å². The zero-order valence-electron chi connectivity index (χ0n) is 8.30. The maximum Gasteiger partial charge on any atom is 0.0623 e. The van der Waals surface area contributed by atoms with Crippen molar-refractivity contribution in [2.75, 3.05) is 19.6 Å². The smallest absolute Gasteiger partial charge is 0.0623 e. The van der Waals surface area contributed by atoms with E-state index in [-0.39, 0.29) is 0 Å². The van der Waals surface area contributed by atoms with E-state index in [0.29, 0.717) is 6.17 Å². The zero-order chi connectivity index (χ0) is 9.26. The lowest BCUT2D eigenvalue weighted by Crippen LogP contribution is -2.48. The van der Waals surface area contributed by atoms with Gasteiger partial charge < -0.3 is 5.32 Å². The van der Waals surface area contributed by atoms with Crippen molar-refractivity contribution in [2.45, 2.75) is 36.3 Å². The third-order valence-electron chi connectivity index (χ3n) is 3.34. The Labute approximate surface area is 94.6 Å². The molecule has 0 aromatic carbocycles. The molecule has 2 aliphatic heterocycles. The second-order valence-corrected chi connectivity index (χ2v) is 6.14. The standard InChI is InChI=1S/C10H19IN2/c1-8-2-5-12-10(8)13-6-3-9(11)4-7-13/h8-10,12H,2-7H2,1H3. The lowest BCUT2D eigenvalue weighted by atomic mass is 10.0. The topological polar surface area (TPSA) is 15.3 Å². The molecule has 0 amide bonds. The molecule has 2 unspecified atom stereocenters. The fourth-order valence-electron chi connectivity index (χ4n) is 2.45. The molecule has 0 aromatic rings. The summed E-state index contributed by atoms with van der Waals surface area (Å²) in [5.41, 5.74) is 0. The summed E-state index contributed by atoms with van der Waals surface area (Å²) in [7, 11) is 0. The van der Waals surface area contributed by atoms with Gasteiger partial charge in [0.15, 0.2) is 0 Å². The molecular formula is C10H19IN2. The molecule has 2 heterocycles. The van der Waals surface area contributed by atoms with Crippen molar-refractivity contribution in [1.29, 1.82) is 0 Å². The van der Waals surface area contributed by atoms with E-state index in [0.717, 1.165) is 9.84 Å². The monoisotopic (exact) mass is 294 g/mol. The van der Waals surface area contributed by atoms with Crippen LogP contribution >= 0.6 is 22.6 Å². The SMILES string of the molecule is CC1CCNC1N1CCC(I)CC1.